The van der Waals surface area contributed by atoms with Crippen LogP contribution in [0.4, 0.5) is 0 Å². The SMILES string of the molecule is CCc1nc(C)ccc1OCc1csc(CNC)n1. The lowest BCUT2D eigenvalue weighted by atomic mass is 10.2. The maximum absolute atomic E-state index is 5.82. The molecule has 4 nitrogen and oxygen atoms in total. The van der Waals surface area contributed by atoms with Crippen molar-refractivity contribution in [2.45, 2.75) is 33.4 Å². The zero-order valence-corrected chi connectivity index (χ0v) is 12.4. The van der Waals surface area contributed by atoms with Gasteiger partial charge in [0.1, 0.15) is 17.4 Å². The van der Waals surface area contributed by atoms with Crippen molar-refractivity contribution >= 4 is 11.3 Å². The van der Waals surface area contributed by atoms with Crippen LogP contribution in [0.2, 0.25) is 0 Å². The molecule has 2 rings (SSSR count). The van der Waals surface area contributed by atoms with Crippen molar-refractivity contribution < 1.29 is 4.74 Å². The first-order chi connectivity index (χ1) is 9.22. The lowest BCUT2D eigenvalue weighted by Crippen LogP contribution is -2.05. The monoisotopic (exact) mass is 277 g/mol. The van der Waals surface area contributed by atoms with Crippen LogP contribution in [-0.2, 0) is 19.6 Å². The standard InChI is InChI=1S/C14H19N3OS/c1-4-12-13(6-5-10(2)16-12)18-8-11-9-19-14(17-11)7-15-3/h5-6,9,15H,4,7-8H2,1-3H3. The van der Waals surface area contributed by atoms with Crippen molar-refractivity contribution in [2.75, 3.05) is 7.05 Å². The molecule has 2 aromatic heterocycles. The van der Waals surface area contributed by atoms with Crippen LogP contribution in [-0.4, -0.2) is 17.0 Å². The minimum atomic E-state index is 0.498. The van der Waals surface area contributed by atoms with Gasteiger partial charge in [-0.3, -0.25) is 4.98 Å². The molecule has 0 radical (unpaired) electrons. The molecule has 0 aromatic carbocycles. The molecule has 0 amide bonds. The van der Waals surface area contributed by atoms with Crippen LogP contribution < -0.4 is 10.1 Å². The van der Waals surface area contributed by atoms with E-state index in [0.717, 1.165) is 40.8 Å². The summed E-state index contributed by atoms with van der Waals surface area (Å²) in [6.07, 6.45) is 0.874. The van der Waals surface area contributed by atoms with Crippen LogP contribution in [0.15, 0.2) is 17.5 Å². The molecular weight excluding hydrogens is 258 g/mol. The highest BCUT2D eigenvalue weighted by molar-refractivity contribution is 7.09. The Morgan fingerprint density at radius 3 is 2.89 bits per heavy atom. The smallest absolute Gasteiger partial charge is 0.141 e. The van der Waals surface area contributed by atoms with Gasteiger partial charge in [0.15, 0.2) is 0 Å². The fraction of sp³-hybridized carbons (Fsp3) is 0.429. The number of nitrogens with zero attached hydrogens (tertiary/aromatic N) is 2. The average Bonchev–Trinajstić information content (AvgIpc) is 2.85. The van der Waals surface area contributed by atoms with Crippen molar-refractivity contribution in [1.82, 2.24) is 15.3 Å². The number of aryl methyl sites for hydroxylation is 2. The van der Waals surface area contributed by atoms with Gasteiger partial charge in [-0.05, 0) is 32.5 Å². The maximum Gasteiger partial charge on any atom is 0.141 e. The summed E-state index contributed by atoms with van der Waals surface area (Å²) in [5.41, 5.74) is 3.00. The third-order valence-electron chi connectivity index (χ3n) is 2.71. The third-order valence-corrected chi connectivity index (χ3v) is 3.61. The zero-order valence-electron chi connectivity index (χ0n) is 11.6. The molecule has 0 saturated carbocycles. The van der Waals surface area contributed by atoms with E-state index in [0.29, 0.717) is 6.61 Å². The lowest BCUT2D eigenvalue weighted by molar-refractivity contribution is 0.297. The zero-order chi connectivity index (χ0) is 13.7. The predicted molar refractivity (Wildman–Crippen MR) is 77.6 cm³/mol. The molecule has 0 spiro atoms. The highest BCUT2D eigenvalue weighted by Crippen LogP contribution is 2.19. The number of rotatable bonds is 6. The van der Waals surface area contributed by atoms with Gasteiger partial charge in [-0.25, -0.2) is 4.98 Å². The summed E-state index contributed by atoms with van der Waals surface area (Å²) < 4.78 is 5.82. The highest BCUT2D eigenvalue weighted by Gasteiger charge is 2.06. The molecule has 2 aromatic rings. The van der Waals surface area contributed by atoms with Crippen molar-refractivity contribution in [1.29, 1.82) is 0 Å². The molecule has 0 atom stereocenters. The molecule has 0 saturated heterocycles. The van der Waals surface area contributed by atoms with Gasteiger partial charge in [0.05, 0.1) is 11.4 Å². The second-order valence-electron chi connectivity index (χ2n) is 4.30. The number of aromatic nitrogens is 2. The van der Waals surface area contributed by atoms with Gasteiger partial charge >= 0.3 is 0 Å². The molecule has 0 aliphatic rings. The molecule has 102 valence electrons. The van der Waals surface area contributed by atoms with Gasteiger partial charge in [0, 0.05) is 17.6 Å². The van der Waals surface area contributed by atoms with Gasteiger partial charge < -0.3 is 10.1 Å². The summed E-state index contributed by atoms with van der Waals surface area (Å²) in [5, 5.41) is 6.22. The first-order valence-corrected chi connectivity index (χ1v) is 7.28. The largest absolute Gasteiger partial charge is 0.485 e. The molecule has 0 unspecified atom stereocenters. The summed E-state index contributed by atoms with van der Waals surface area (Å²) in [4.78, 5) is 8.98. The Balaban J connectivity index is 2.01. The maximum atomic E-state index is 5.82. The summed E-state index contributed by atoms with van der Waals surface area (Å²) in [6.45, 7) is 5.38. The molecule has 5 heteroatoms. The number of thiazole rings is 1. The second-order valence-corrected chi connectivity index (χ2v) is 5.25. The van der Waals surface area contributed by atoms with E-state index >= 15 is 0 Å². The minimum Gasteiger partial charge on any atom is -0.485 e. The Morgan fingerprint density at radius 1 is 1.32 bits per heavy atom. The van der Waals surface area contributed by atoms with Gasteiger partial charge in [-0.2, -0.15) is 0 Å². The van der Waals surface area contributed by atoms with E-state index < -0.39 is 0 Å². The third kappa shape index (κ3) is 3.75. The van der Waals surface area contributed by atoms with Gasteiger partial charge in [0.25, 0.3) is 0 Å². The first-order valence-electron chi connectivity index (χ1n) is 6.40. The predicted octanol–water partition coefficient (Wildman–Crippen LogP) is 2.71. The topological polar surface area (TPSA) is 47.0 Å². The van der Waals surface area contributed by atoms with Gasteiger partial charge in [-0.15, -0.1) is 11.3 Å². The average molecular weight is 277 g/mol. The number of pyridine rings is 1. The number of ether oxygens (including phenoxy) is 1. The summed E-state index contributed by atoms with van der Waals surface area (Å²) in [6, 6.07) is 3.96. The molecular formula is C14H19N3OS. The molecule has 19 heavy (non-hydrogen) atoms. The lowest BCUT2D eigenvalue weighted by Gasteiger charge is -2.09. The van der Waals surface area contributed by atoms with Gasteiger partial charge in [0.2, 0.25) is 0 Å². The Morgan fingerprint density at radius 2 is 2.16 bits per heavy atom. The van der Waals surface area contributed by atoms with Crippen LogP contribution in [0.3, 0.4) is 0 Å². The molecule has 0 bridgehead atoms. The molecule has 1 N–H and O–H groups in total. The summed E-state index contributed by atoms with van der Waals surface area (Å²) >= 11 is 1.65. The first kappa shape index (κ1) is 14.0. The molecule has 2 heterocycles. The van der Waals surface area contributed by atoms with Gasteiger partial charge in [-0.1, -0.05) is 6.92 Å². The molecule has 0 aliphatic carbocycles. The Kier molecular flexibility index (Phi) is 4.87. The quantitative estimate of drug-likeness (QED) is 0.882. The van der Waals surface area contributed by atoms with Crippen molar-refractivity contribution in [3.05, 3.63) is 39.6 Å². The van der Waals surface area contributed by atoms with E-state index in [9.17, 15) is 0 Å². The van der Waals surface area contributed by atoms with E-state index in [1.807, 2.05) is 31.5 Å². The Hall–Kier alpha value is -1.46. The van der Waals surface area contributed by atoms with Crippen LogP contribution in [0, 0.1) is 6.92 Å². The fourth-order valence-corrected chi connectivity index (χ4v) is 2.57. The molecule has 0 fully saturated rings. The van der Waals surface area contributed by atoms with Crippen LogP contribution in [0.25, 0.3) is 0 Å². The van der Waals surface area contributed by atoms with E-state index in [2.05, 4.69) is 22.2 Å². The fourth-order valence-electron chi connectivity index (χ4n) is 1.78. The Bertz CT molecular complexity index is 539. The normalized spacial score (nSPS) is 10.7. The van der Waals surface area contributed by atoms with Crippen molar-refractivity contribution in [3.63, 3.8) is 0 Å². The van der Waals surface area contributed by atoms with Crippen molar-refractivity contribution in [3.8, 4) is 5.75 Å². The molecule has 0 aliphatic heterocycles. The minimum absolute atomic E-state index is 0.498. The van der Waals surface area contributed by atoms with E-state index in [4.69, 9.17) is 4.74 Å². The van der Waals surface area contributed by atoms with Crippen LogP contribution in [0.1, 0.15) is 29.0 Å². The summed E-state index contributed by atoms with van der Waals surface area (Å²) in [5.74, 6) is 0.858. The van der Waals surface area contributed by atoms with E-state index in [-0.39, 0.29) is 0 Å². The summed E-state index contributed by atoms with van der Waals surface area (Å²) in [7, 11) is 1.92. The van der Waals surface area contributed by atoms with Crippen molar-refractivity contribution in [2.24, 2.45) is 0 Å². The second kappa shape index (κ2) is 6.63. The van der Waals surface area contributed by atoms with Crippen LogP contribution >= 0.6 is 11.3 Å². The van der Waals surface area contributed by atoms with Crippen LogP contribution in [0.5, 0.6) is 5.75 Å². The Labute approximate surface area is 117 Å². The number of nitrogens with one attached hydrogen (secondary N) is 1. The number of hydrogen-bond acceptors (Lipinski definition) is 5. The highest BCUT2D eigenvalue weighted by atomic mass is 32.1. The van der Waals surface area contributed by atoms with E-state index in [1.54, 1.807) is 11.3 Å². The van der Waals surface area contributed by atoms with E-state index in [1.165, 1.54) is 0 Å². The number of hydrogen-bond donors (Lipinski definition) is 1.